The lowest BCUT2D eigenvalue weighted by Crippen LogP contribution is -3.12. The molecule has 1 fully saturated rings. The Balaban J connectivity index is 0.000000589. The average Bonchev–Trinajstić information content (AvgIpc) is 3.44. The minimum absolute atomic E-state index is 0.240. The van der Waals surface area contributed by atoms with Crippen LogP contribution in [0.1, 0.15) is 48.4 Å². The summed E-state index contributed by atoms with van der Waals surface area (Å²) in [7, 11) is 0. The number of carbonyl (C=O) groups excluding carboxylic acids is 1. The molecule has 2 aromatic carbocycles. The van der Waals surface area contributed by atoms with Gasteiger partial charge in [-0.1, -0.05) is 35.6 Å². The number of quaternary nitrogens is 1. The van der Waals surface area contributed by atoms with Gasteiger partial charge in [-0.2, -0.15) is 0 Å². The molecule has 0 aromatic heterocycles. The fraction of sp³-hybridized carbons (Fsp3) is 0.333. The molecule has 0 saturated heterocycles. The number of carboxylic acid groups (broad SMARTS) is 2. The lowest BCUT2D eigenvalue weighted by Gasteiger charge is -2.32. The van der Waals surface area contributed by atoms with Crippen LogP contribution in [0.3, 0.4) is 0 Å². The summed E-state index contributed by atoms with van der Waals surface area (Å²) < 4.78 is 0. The Morgan fingerprint density at radius 2 is 1.83 bits per heavy atom. The Labute approximate surface area is 181 Å². The zero-order valence-electron chi connectivity index (χ0n) is 16.8. The van der Waals surface area contributed by atoms with Gasteiger partial charge in [-0.15, -0.1) is 0 Å². The quantitative estimate of drug-likeness (QED) is 0.728. The number of carbonyl (C=O) groups is 2. The van der Waals surface area contributed by atoms with E-state index in [9.17, 15) is 4.79 Å². The number of hydrogen-bond donors (Lipinski definition) is 2. The molecule has 1 heterocycles. The Morgan fingerprint density at radius 1 is 1.17 bits per heavy atom. The van der Waals surface area contributed by atoms with Gasteiger partial charge < -0.3 is 19.9 Å². The minimum atomic E-state index is -1.08. The molecule has 1 unspecified atom stereocenters. The molecule has 5 nitrogen and oxygen atoms in total. The fourth-order valence-corrected chi connectivity index (χ4v) is 4.17. The van der Waals surface area contributed by atoms with Crippen molar-refractivity contribution < 1.29 is 24.7 Å². The van der Waals surface area contributed by atoms with Crippen molar-refractivity contribution in [3.63, 3.8) is 0 Å². The third kappa shape index (κ3) is 5.85. The highest BCUT2D eigenvalue weighted by atomic mass is 35.5. The highest BCUT2D eigenvalue weighted by molar-refractivity contribution is 6.30. The van der Waals surface area contributed by atoms with Crippen molar-refractivity contribution >= 4 is 23.5 Å². The van der Waals surface area contributed by atoms with Crippen molar-refractivity contribution in [2.24, 2.45) is 0 Å². The molecule has 1 aliphatic carbocycles. The zero-order chi connectivity index (χ0) is 21.7. The second kappa shape index (κ2) is 9.34. The molecule has 0 bridgehead atoms. The van der Waals surface area contributed by atoms with E-state index < -0.39 is 11.9 Å². The third-order valence-electron chi connectivity index (χ3n) is 5.43. The summed E-state index contributed by atoms with van der Waals surface area (Å²) >= 11 is 6.02. The maximum Gasteiger partial charge on any atom is 0.309 e. The largest absolute Gasteiger partial charge is 0.550 e. The summed E-state index contributed by atoms with van der Waals surface area (Å²) in [5.41, 5.74) is 4.97. The number of rotatable bonds is 3. The van der Waals surface area contributed by atoms with Gasteiger partial charge in [0.05, 0.1) is 19.5 Å². The summed E-state index contributed by atoms with van der Waals surface area (Å²) in [5.74, 6) is 4.66. The molecule has 4 rings (SSSR count). The van der Waals surface area contributed by atoms with E-state index in [1.165, 1.54) is 28.9 Å². The number of carboxylic acids is 2. The van der Waals surface area contributed by atoms with Crippen LogP contribution in [0.5, 0.6) is 0 Å². The molecule has 30 heavy (non-hydrogen) atoms. The monoisotopic (exact) mass is 425 g/mol. The van der Waals surface area contributed by atoms with Crippen molar-refractivity contribution in [2.45, 2.75) is 38.1 Å². The molecule has 2 aromatic rings. The number of nitrogens with one attached hydrogen (secondary N) is 1. The molecule has 1 spiro atoms. The molecule has 0 amide bonds. The van der Waals surface area contributed by atoms with E-state index in [0.29, 0.717) is 11.6 Å². The molecule has 2 aliphatic rings. The van der Waals surface area contributed by atoms with Gasteiger partial charge in [0.15, 0.2) is 0 Å². The van der Waals surface area contributed by atoms with Crippen LogP contribution in [0, 0.1) is 11.8 Å². The van der Waals surface area contributed by atoms with Crippen LogP contribution in [-0.4, -0.2) is 30.1 Å². The normalized spacial score (nSPS) is 17.6. The van der Waals surface area contributed by atoms with Gasteiger partial charge in [0.1, 0.15) is 6.54 Å². The fourth-order valence-electron chi connectivity index (χ4n) is 3.98. The van der Waals surface area contributed by atoms with E-state index in [-0.39, 0.29) is 11.8 Å². The predicted octanol–water partition coefficient (Wildman–Crippen LogP) is 1.40. The second-order valence-electron chi connectivity index (χ2n) is 7.90. The summed E-state index contributed by atoms with van der Waals surface area (Å²) in [4.78, 5) is 21.2. The third-order valence-corrected chi connectivity index (χ3v) is 5.67. The average molecular weight is 426 g/mol. The molecule has 6 heteroatoms. The summed E-state index contributed by atoms with van der Waals surface area (Å²) in [6.45, 7) is 3.62. The smallest absolute Gasteiger partial charge is 0.309 e. The molecule has 1 saturated carbocycles. The van der Waals surface area contributed by atoms with Gasteiger partial charge in [0, 0.05) is 33.1 Å². The summed E-state index contributed by atoms with van der Waals surface area (Å²) in [6.07, 6.45) is 2.63. The van der Waals surface area contributed by atoms with Gasteiger partial charge in [-0.25, -0.2) is 0 Å². The van der Waals surface area contributed by atoms with Gasteiger partial charge in [0.2, 0.25) is 0 Å². The van der Waals surface area contributed by atoms with E-state index in [1.54, 1.807) is 0 Å². The van der Waals surface area contributed by atoms with Gasteiger partial charge in [0.25, 0.3) is 0 Å². The number of benzene rings is 2. The lowest BCUT2D eigenvalue weighted by molar-refractivity contribution is -0.918. The van der Waals surface area contributed by atoms with E-state index >= 15 is 0 Å². The molecule has 0 radical (unpaired) electrons. The minimum Gasteiger partial charge on any atom is -0.550 e. The van der Waals surface area contributed by atoms with Gasteiger partial charge in [-0.3, -0.25) is 4.79 Å². The van der Waals surface area contributed by atoms with Crippen LogP contribution in [0.25, 0.3) is 0 Å². The van der Waals surface area contributed by atoms with E-state index in [1.807, 2.05) is 24.3 Å². The summed E-state index contributed by atoms with van der Waals surface area (Å²) in [5, 5.41) is 18.5. The van der Waals surface area contributed by atoms with Crippen LogP contribution in [0.4, 0.5) is 0 Å². The SMILES string of the molecule is CC(=O)[O-].O=C(O)CC[NH+]1Cc2ccc(C#Cc3cccc(Cl)c3)cc2C2(CC2)C1. The predicted molar refractivity (Wildman–Crippen MR) is 112 cm³/mol. The van der Waals surface area contributed by atoms with E-state index in [2.05, 4.69) is 30.0 Å². The van der Waals surface area contributed by atoms with Crippen molar-refractivity contribution in [3.8, 4) is 11.8 Å². The Kier molecular flexibility index (Phi) is 6.81. The second-order valence-corrected chi connectivity index (χ2v) is 8.34. The van der Waals surface area contributed by atoms with Crippen molar-refractivity contribution in [2.75, 3.05) is 13.1 Å². The number of aliphatic carboxylic acids is 2. The number of hydrogen-bond acceptors (Lipinski definition) is 3. The zero-order valence-corrected chi connectivity index (χ0v) is 17.6. The molecular formula is C24H24ClNO4. The highest BCUT2D eigenvalue weighted by Crippen LogP contribution is 2.49. The van der Waals surface area contributed by atoms with E-state index in [4.69, 9.17) is 26.6 Å². The topological polar surface area (TPSA) is 81.9 Å². The first kappa shape index (κ1) is 21.9. The highest BCUT2D eigenvalue weighted by Gasteiger charge is 2.51. The lowest BCUT2D eigenvalue weighted by atomic mass is 9.85. The first-order chi connectivity index (χ1) is 14.3. The van der Waals surface area contributed by atoms with E-state index in [0.717, 1.165) is 31.1 Å². The Bertz CT molecular complexity index is 1010. The van der Waals surface area contributed by atoms with Gasteiger partial charge in [-0.05, 0) is 55.7 Å². The summed E-state index contributed by atoms with van der Waals surface area (Å²) in [6, 6.07) is 14.1. The number of fused-ring (bicyclic) bond motifs is 2. The number of halogens is 1. The standard InChI is InChI=1S/C22H20ClNO2.C2H4O2/c23-19-3-1-2-16(12-19)4-5-17-6-7-18-14-24(11-8-21(25)26)15-22(9-10-22)20(18)13-17;1-2(3)4/h1-3,6-7,12-13H,8-11,14-15H2,(H,25,26);1H3,(H,3,4). The van der Waals surface area contributed by atoms with Crippen LogP contribution < -0.4 is 10.0 Å². The molecular weight excluding hydrogens is 402 g/mol. The van der Waals surface area contributed by atoms with Crippen molar-refractivity contribution in [1.29, 1.82) is 0 Å². The molecule has 156 valence electrons. The van der Waals surface area contributed by atoms with Crippen LogP contribution in [0.2, 0.25) is 5.02 Å². The van der Waals surface area contributed by atoms with Crippen LogP contribution in [0.15, 0.2) is 42.5 Å². The maximum absolute atomic E-state index is 10.9. The molecule has 1 aliphatic heterocycles. The Morgan fingerprint density at radius 3 is 2.43 bits per heavy atom. The van der Waals surface area contributed by atoms with Crippen molar-refractivity contribution in [3.05, 3.63) is 69.7 Å². The first-order valence-electron chi connectivity index (χ1n) is 9.91. The maximum atomic E-state index is 10.9. The Hall–Kier alpha value is -2.81. The van der Waals surface area contributed by atoms with Gasteiger partial charge >= 0.3 is 5.97 Å². The van der Waals surface area contributed by atoms with Crippen LogP contribution >= 0.6 is 11.6 Å². The molecule has 1 atom stereocenters. The van der Waals surface area contributed by atoms with Crippen LogP contribution in [-0.2, 0) is 21.5 Å². The van der Waals surface area contributed by atoms with Crippen molar-refractivity contribution in [1.82, 2.24) is 0 Å². The first-order valence-corrected chi connectivity index (χ1v) is 10.3. The molecule has 2 N–H and O–H groups in total.